The topological polar surface area (TPSA) is 29.9 Å². The minimum atomic E-state index is 0.690. The van der Waals surface area contributed by atoms with Gasteiger partial charge in [0.1, 0.15) is 0 Å². The Hall–Kier alpha value is -0.830. The van der Waals surface area contributed by atoms with Gasteiger partial charge in [0.15, 0.2) is 0 Å². The first kappa shape index (κ1) is 10.7. The van der Waals surface area contributed by atoms with Gasteiger partial charge in [-0.2, -0.15) is 5.10 Å². The minimum absolute atomic E-state index is 0.690. The van der Waals surface area contributed by atoms with Crippen LogP contribution in [0.2, 0.25) is 0 Å². The third-order valence-corrected chi connectivity index (χ3v) is 3.50. The highest BCUT2D eigenvalue weighted by Gasteiger charge is 2.22. The number of rotatable bonds is 5. The van der Waals surface area contributed by atoms with E-state index in [4.69, 9.17) is 0 Å². The lowest BCUT2D eigenvalue weighted by atomic mass is 9.80. The molecular weight excluding hydrogens is 186 g/mol. The number of aromatic nitrogens is 2. The van der Waals surface area contributed by atoms with Crippen LogP contribution in [0.3, 0.4) is 0 Å². The fourth-order valence-electron chi connectivity index (χ4n) is 2.15. The average Bonchev–Trinajstić information content (AvgIpc) is 2.48. The molecule has 1 unspecified atom stereocenters. The van der Waals surface area contributed by atoms with E-state index in [1.807, 2.05) is 17.9 Å². The zero-order chi connectivity index (χ0) is 10.7. The Morgan fingerprint density at radius 3 is 2.93 bits per heavy atom. The van der Waals surface area contributed by atoms with Crippen molar-refractivity contribution in [2.45, 2.75) is 38.6 Å². The normalized spacial score (nSPS) is 18.8. The van der Waals surface area contributed by atoms with Gasteiger partial charge in [0.25, 0.3) is 0 Å². The quantitative estimate of drug-likeness (QED) is 0.797. The smallest absolute Gasteiger partial charge is 0.0522 e. The molecule has 15 heavy (non-hydrogen) atoms. The molecule has 1 saturated carbocycles. The Labute approximate surface area is 91.9 Å². The van der Waals surface area contributed by atoms with E-state index in [0.717, 1.165) is 18.9 Å². The molecular formula is C12H21N3. The van der Waals surface area contributed by atoms with Crippen molar-refractivity contribution in [1.29, 1.82) is 0 Å². The van der Waals surface area contributed by atoms with Crippen LogP contribution in [0.25, 0.3) is 0 Å². The maximum absolute atomic E-state index is 4.17. The van der Waals surface area contributed by atoms with Crippen molar-refractivity contribution >= 4 is 0 Å². The summed E-state index contributed by atoms with van der Waals surface area (Å²) in [7, 11) is 1.97. The monoisotopic (exact) mass is 207 g/mol. The molecule has 0 radical (unpaired) electrons. The molecule has 0 bridgehead atoms. The van der Waals surface area contributed by atoms with Gasteiger partial charge in [0.2, 0.25) is 0 Å². The lowest BCUT2D eigenvalue weighted by Crippen LogP contribution is -2.38. The predicted molar refractivity (Wildman–Crippen MR) is 61.7 cm³/mol. The van der Waals surface area contributed by atoms with E-state index >= 15 is 0 Å². The number of hydrogen-bond donors (Lipinski definition) is 1. The molecule has 1 N–H and O–H groups in total. The van der Waals surface area contributed by atoms with Gasteiger partial charge >= 0.3 is 0 Å². The summed E-state index contributed by atoms with van der Waals surface area (Å²) in [5, 5.41) is 7.77. The van der Waals surface area contributed by atoms with Crippen molar-refractivity contribution in [2.75, 3.05) is 6.54 Å². The van der Waals surface area contributed by atoms with Crippen LogP contribution in [0.4, 0.5) is 0 Å². The molecule has 84 valence electrons. The Morgan fingerprint density at radius 2 is 2.40 bits per heavy atom. The van der Waals surface area contributed by atoms with Crippen LogP contribution in [-0.2, 0) is 13.5 Å². The van der Waals surface area contributed by atoms with E-state index in [9.17, 15) is 0 Å². The van der Waals surface area contributed by atoms with Gasteiger partial charge < -0.3 is 5.32 Å². The van der Waals surface area contributed by atoms with Crippen LogP contribution < -0.4 is 5.32 Å². The maximum Gasteiger partial charge on any atom is 0.0522 e. The van der Waals surface area contributed by atoms with Crippen molar-refractivity contribution in [3.05, 3.63) is 18.0 Å². The highest BCUT2D eigenvalue weighted by molar-refractivity contribution is 5.03. The molecule has 1 aromatic heterocycles. The van der Waals surface area contributed by atoms with Crippen molar-refractivity contribution < 1.29 is 0 Å². The summed E-state index contributed by atoms with van der Waals surface area (Å²) < 4.78 is 1.87. The van der Waals surface area contributed by atoms with Crippen LogP contribution in [0, 0.1) is 5.92 Å². The molecule has 1 aromatic rings. The molecule has 0 spiro atoms. The Morgan fingerprint density at radius 1 is 1.60 bits per heavy atom. The third kappa shape index (κ3) is 2.81. The molecule has 1 fully saturated rings. The van der Waals surface area contributed by atoms with E-state index in [1.54, 1.807) is 0 Å². The zero-order valence-corrected chi connectivity index (χ0v) is 9.74. The number of nitrogens with zero attached hydrogens (tertiary/aromatic N) is 2. The van der Waals surface area contributed by atoms with Gasteiger partial charge in [-0.25, -0.2) is 0 Å². The summed E-state index contributed by atoms with van der Waals surface area (Å²) >= 11 is 0. The van der Waals surface area contributed by atoms with Crippen LogP contribution in [-0.4, -0.2) is 22.4 Å². The van der Waals surface area contributed by atoms with Crippen LogP contribution in [0.1, 0.15) is 31.7 Å². The lowest BCUT2D eigenvalue weighted by Gasteiger charge is -2.32. The zero-order valence-electron chi connectivity index (χ0n) is 9.74. The molecule has 0 amide bonds. The minimum Gasteiger partial charge on any atom is -0.314 e. The van der Waals surface area contributed by atoms with Gasteiger partial charge in [0.05, 0.1) is 6.20 Å². The second-order valence-corrected chi connectivity index (χ2v) is 4.71. The highest BCUT2D eigenvalue weighted by Crippen LogP contribution is 2.29. The van der Waals surface area contributed by atoms with Gasteiger partial charge in [-0.05, 0) is 44.2 Å². The summed E-state index contributed by atoms with van der Waals surface area (Å²) in [6, 6.07) is 0.690. The van der Waals surface area contributed by atoms with Crippen molar-refractivity contribution in [3.63, 3.8) is 0 Å². The Kier molecular flexibility index (Phi) is 3.41. The summed E-state index contributed by atoms with van der Waals surface area (Å²) in [6.45, 7) is 3.39. The summed E-state index contributed by atoms with van der Waals surface area (Å²) in [5.41, 5.74) is 1.32. The van der Waals surface area contributed by atoms with Gasteiger partial charge in [0, 0.05) is 19.3 Å². The fourth-order valence-corrected chi connectivity index (χ4v) is 2.15. The molecule has 1 aliphatic carbocycles. The molecule has 2 rings (SSSR count). The first-order chi connectivity index (χ1) is 7.25. The first-order valence-corrected chi connectivity index (χ1v) is 5.96. The second kappa shape index (κ2) is 4.79. The largest absolute Gasteiger partial charge is 0.314 e. The molecule has 0 aromatic carbocycles. The summed E-state index contributed by atoms with van der Waals surface area (Å²) in [6.07, 6.45) is 9.40. The van der Waals surface area contributed by atoms with E-state index in [0.29, 0.717) is 6.04 Å². The van der Waals surface area contributed by atoms with E-state index < -0.39 is 0 Å². The van der Waals surface area contributed by atoms with E-state index in [1.165, 1.54) is 24.8 Å². The number of aryl methyl sites for hydroxylation is 1. The summed E-state index contributed by atoms with van der Waals surface area (Å²) in [5.74, 6) is 0.930. The van der Waals surface area contributed by atoms with Crippen molar-refractivity contribution in [1.82, 2.24) is 15.1 Å². The van der Waals surface area contributed by atoms with Crippen molar-refractivity contribution in [2.24, 2.45) is 13.0 Å². The van der Waals surface area contributed by atoms with Crippen LogP contribution in [0.15, 0.2) is 12.4 Å². The van der Waals surface area contributed by atoms with Gasteiger partial charge in [-0.1, -0.05) is 6.42 Å². The molecule has 1 heterocycles. The second-order valence-electron chi connectivity index (χ2n) is 4.71. The maximum atomic E-state index is 4.17. The van der Waals surface area contributed by atoms with E-state index in [-0.39, 0.29) is 0 Å². The molecule has 3 heteroatoms. The average molecular weight is 207 g/mol. The molecule has 0 aliphatic heterocycles. The highest BCUT2D eigenvalue weighted by atomic mass is 15.2. The van der Waals surface area contributed by atoms with E-state index in [2.05, 4.69) is 23.5 Å². The molecule has 0 saturated heterocycles. The number of nitrogens with one attached hydrogen (secondary N) is 1. The fraction of sp³-hybridized carbons (Fsp3) is 0.750. The van der Waals surface area contributed by atoms with Gasteiger partial charge in [-0.15, -0.1) is 0 Å². The molecule has 1 atom stereocenters. The first-order valence-electron chi connectivity index (χ1n) is 5.96. The third-order valence-electron chi connectivity index (χ3n) is 3.50. The van der Waals surface area contributed by atoms with Gasteiger partial charge in [-0.3, -0.25) is 4.68 Å². The molecule has 1 aliphatic rings. The predicted octanol–water partition coefficient (Wildman–Crippen LogP) is 1.74. The molecule has 3 nitrogen and oxygen atoms in total. The van der Waals surface area contributed by atoms with Crippen LogP contribution >= 0.6 is 0 Å². The number of hydrogen-bond acceptors (Lipinski definition) is 2. The van der Waals surface area contributed by atoms with Crippen LogP contribution in [0.5, 0.6) is 0 Å². The summed E-state index contributed by atoms with van der Waals surface area (Å²) in [4.78, 5) is 0. The standard InChI is InChI=1S/C12H21N3/c1-10(12-4-3-5-12)13-7-6-11-8-14-15(2)9-11/h8-10,12-13H,3-7H2,1-2H3. The Bertz CT molecular complexity index is 302. The lowest BCUT2D eigenvalue weighted by molar-refractivity contribution is 0.242. The van der Waals surface area contributed by atoms with Crippen molar-refractivity contribution in [3.8, 4) is 0 Å². The SMILES string of the molecule is CC(NCCc1cnn(C)c1)C1CCC1. The Balaban J connectivity index is 1.65.